The molecule has 0 atom stereocenters. The second-order valence-electron chi connectivity index (χ2n) is 4.79. The van der Waals surface area contributed by atoms with Crippen molar-refractivity contribution in [2.24, 2.45) is 0 Å². The van der Waals surface area contributed by atoms with Crippen LogP contribution in [0.1, 0.15) is 0 Å². The van der Waals surface area contributed by atoms with Crippen molar-refractivity contribution in [3.63, 3.8) is 0 Å². The average Bonchev–Trinajstić information content (AvgIpc) is 2.93. The van der Waals surface area contributed by atoms with Crippen LogP contribution in [0.25, 0.3) is 38.0 Å². The summed E-state index contributed by atoms with van der Waals surface area (Å²) in [6, 6.07) is 17.4. The number of rotatable bonds is 1. The van der Waals surface area contributed by atoms with E-state index >= 15 is 0 Å². The molecule has 3 nitrogen and oxygen atoms in total. The third-order valence-electron chi connectivity index (χ3n) is 3.55. The van der Waals surface area contributed by atoms with Crippen molar-refractivity contribution in [3.05, 3.63) is 72.2 Å². The fourth-order valence-corrected chi connectivity index (χ4v) is 2.62. The summed E-state index contributed by atoms with van der Waals surface area (Å²) in [6.45, 7) is 7.10. The molecule has 0 unspecified atom stereocenters. The lowest BCUT2D eigenvalue weighted by Gasteiger charge is -2.02. The zero-order valence-electron chi connectivity index (χ0n) is 11.1. The topological polar surface area (TPSA) is 30.4 Å². The molecule has 0 N–H and O–H groups in total. The number of hydrogen-bond donors (Lipinski definition) is 0. The van der Waals surface area contributed by atoms with Crippen molar-refractivity contribution in [3.8, 4) is 11.3 Å². The van der Waals surface area contributed by atoms with Crippen LogP contribution in [0.3, 0.4) is 0 Å². The minimum atomic E-state index is 0.584. The van der Waals surface area contributed by atoms with Crippen LogP contribution in [0.5, 0.6) is 0 Å². The first kappa shape index (κ1) is 11.7. The molecule has 4 aromatic rings. The third-order valence-corrected chi connectivity index (χ3v) is 3.55. The predicted molar refractivity (Wildman–Crippen MR) is 83.2 cm³/mol. The van der Waals surface area contributed by atoms with Crippen molar-refractivity contribution < 1.29 is 4.42 Å². The van der Waals surface area contributed by atoms with Gasteiger partial charge in [0.1, 0.15) is 11.2 Å². The first-order chi connectivity index (χ1) is 10.4. The van der Waals surface area contributed by atoms with Gasteiger partial charge >= 0.3 is 0 Å². The minimum absolute atomic E-state index is 0.584. The minimum Gasteiger partial charge on any atom is -0.457 e. The van der Waals surface area contributed by atoms with Crippen LogP contribution < -0.4 is 0 Å². The van der Waals surface area contributed by atoms with E-state index in [2.05, 4.69) is 9.83 Å². The summed E-state index contributed by atoms with van der Waals surface area (Å²) in [5.41, 5.74) is 4.10. The fraction of sp³-hybridized carbons (Fsp3) is 0. The Hall–Kier alpha value is -3.12. The van der Waals surface area contributed by atoms with E-state index in [4.69, 9.17) is 11.0 Å². The highest BCUT2D eigenvalue weighted by Crippen LogP contribution is 2.37. The summed E-state index contributed by atoms with van der Waals surface area (Å²) in [6.07, 6.45) is 1.79. The molecular formula is C18H10N2O. The van der Waals surface area contributed by atoms with E-state index < -0.39 is 0 Å². The van der Waals surface area contributed by atoms with Crippen LogP contribution in [0.4, 0.5) is 5.69 Å². The lowest BCUT2D eigenvalue weighted by molar-refractivity contribution is 0.669. The molecule has 2 aromatic carbocycles. The normalized spacial score (nSPS) is 10.8. The molecule has 0 bridgehead atoms. The van der Waals surface area contributed by atoms with Gasteiger partial charge in [-0.15, -0.1) is 0 Å². The van der Waals surface area contributed by atoms with Gasteiger partial charge in [-0.2, -0.15) is 0 Å². The van der Waals surface area contributed by atoms with Gasteiger partial charge in [-0.05, 0) is 24.3 Å². The molecular weight excluding hydrogens is 260 g/mol. The molecule has 0 aliphatic rings. The van der Waals surface area contributed by atoms with Crippen LogP contribution in [0.2, 0.25) is 0 Å². The highest BCUT2D eigenvalue weighted by atomic mass is 16.3. The molecule has 0 saturated heterocycles. The second-order valence-corrected chi connectivity index (χ2v) is 4.79. The number of furan rings is 1. The van der Waals surface area contributed by atoms with E-state index in [0.717, 1.165) is 33.2 Å². The Kier molecular flexibility index (Phi) is 2.48. The van der Waals surface area contributed by atoms with Gasteiger partial charge in [0.05, 0.1) is 12.3 Å². The van der Waals surface area contributed by atoms with Gasteiger partial charge in [-0.3, -0.25) is 4.98 Å². The van der Waals surface area contributed by atoms with Crippen molar-refractivity contribution in [1.82, 2.24) is 4.98 Å². The molecule has 21 heavy (non-hydrogen) atoms. The van der Waals surface area contributed by atoms with Gasteiger partial charge in [0.15, 0.2) is 5.69 Å². The maximum atomic E-state index is 7.10. The number of fused-ring (bicyclic) bond motifs is 3. The van der Waals surface area contributed by atoms with Crippen molar-refractivity contribution in [2.75, 3.05) is 0 Å². The quantitative estimate of drug-likeness (QED) is 0.445. The lowest BCUT2D eigenvalue weighted by Crippen LogP contribution is -1.82. The molecule has 0 fully saturated rings. The number of hydrogen-bond acceptors (Lipinski definition) is 2. The third kappa shape index (κ3) is 1.78. The molecule has 0 radical (unpaired) electrons. The highest BCUT2D eigenvalue weighted by Gasteiger charge is 2.12. The van der Waals surface area contributed by atoms with Crippen LogP contribution in [-0.2, 0) is 0 Å². The molecule has 0 amide bonds. The Balaban J connectivity index is 2.12. The Bertz CT molecular complexity index is 994. The molecule has 0 spiro atoms. The highest BCUT2D eigenvalue weighted by molar-refractivity contribution is 6.12. The Morgan fingerprint density at radius 3 is 2.71 bits per heavy atom. The number of nitrogens with zero attached hydrogens (tertiary/aromatic N) is 2. The molecule has 0 aliphatic heterocycles. The maximum absolute atomic E-state index is 7.10. The van der Waals surface area contributed by atoms with E-state index in [9.17, 15) is 0 Å². The molecule has 2 heterocycles. The summed E-state index contributed by atoms with van der Waals surface area (Å²) in [5.74, 6) is 0. The zero-order valence-corrected chi connectivity index (χ0v) is 11.1. The van der Waals surface area contributed by atoms with E-state index in [1.54, 1.807) is 12.3 Å². The smallest absolute Gasteiger partial charge is 0.190 e. The maximum Gasteiger partial charge on any atom is 0.190 e. The summed E-state index contributed by atoms with van der Waals surface area (Å²) in [7, 11) is 0. The molecule has 0 saturated carbocycles. The van der Waals surface area contributed by atoms with Gasteiger partial charge in [0, 0.05) is 22.5 Å². The average molecular weight is 270 g/mol. The van der Waals surface area contributed by atoms with Gasteiger partial charge in [0.25, 0.3) is 0 Å². The SMILES string of the molecule is [C-]#[N+]c1ccc2c(c1)oc1cccc(-c3ccccn3)c12. The molecule has 0 aliphatic carbocycles. The molecule has 3 heteroatoms. The van der Waals surface area contributed by atoms with Crippen LogP contribution in [-0.4, -0.2) is 4.98 Å². The summed E-state index contributed by atoms with van der Waals surface area (Å²) < 4.78 is 5.89. The Morgan fingerprint density at radius 1 is 0.952 bits per heavy atom. The van der Waals surface area contributed by atoms with Crippen LogP contribution >= 0.6 is 0 Å². The fourth-order valence-electron chi connectivity index (χ4n) is 2.62. The van der Waals surface area contributed by atoms with Gasteiger partial charge < -0.3 is 4.42 Å². The van der Waals surface area contributed by atoms with Crippen molar-refractivity contribution >= 4 is 27.6 Å². The van der Waals surface area contributed by atoms with E-state index in [1.165, 1.54) is 0 Å². The first-order valence-corrected chi connectivity index (χ1v) is 6.61. The monoisotopic (exact) mass is 270 g/mol. The van der Waals surface area contributed by atoms with Crippen LogP contribution in [0, 0.1) is 6.57 Å². The summed E-state index contributed by atoms with van der Waals surface area (Å²) in [4.78, 5) is 7.88. The van der Waals surface area contributed by atoms with Crippen LogP contribution in [0.15, 0.2) is 65.2 Å². The number of pyridine rings is 1. The van der Waals surface area contributed by atoms with Crippen molar-refractivity contribution in [1.29, 1.82) is 0 Å². The largest absolute Gasteiger partial charge is 0.457 e. The molecule has 2 aromatic heterocycles. The number of aromatic nitrogens is 1. The number of benzene rings is 2. The van der Waals surface area contributed by atoms with Gasteiger partial charge in [-0.1, -0.05) is 30.3 Å². The van der Waals surface area contributed by atoms with Gasteiger partial charge in [-0.25, -0.2) is 4.85 Å². The molecule has 98 valence electrons. The summed E-state index contributed by atoms with van der Waals surface area (Å²) >= 11 is 0. The second kappa shape index (κ2) is 4.46. The first-order valence-electron chi connectivity index (χ1n) is 6.61. The van der Waals surface area contributed by atoms with Gasteiger partial charge in [0.2, 0.25) is 0 Å². The lowest BCUT2D eigenvalue weighted by atomic mass is 10.0. The molecule has 4 rings (SSSR count). The van der Waals surface area contributed by atoms with E-state index in [-0.39, 0.29) is 0 Å². The Labute approximate surface area is 121 Å². The zero-order chi connectivity index (χ0) is 14.2. The summed E-state index contributed by atoms with van der Waals surface area (Å²) in [5, 5.41) is 2.06. The standard InChI is InChI=1S/C18H10N2O/c1-19-12-8-9-14-17(11-12)21-16-7-4-5-13(18(14)16)15-6-2-3-10-20-15/h2-11H. The van der Waals surface area contributed by atoms with E-state index in [0.29, 0.717) is 5.69 Å². The Morgan fingerprint density at radius 2 is 1.90 bits per heavy atom. The van der Waals surface area contributed by atoms with E-state index in [1.807, 2.05) is 48.5 Å². The van der Waals surface area contributed by atoms with Crippen molar-refractivity contribution in [2.45, 2.75) is 0 Å². The predicted octanol–water partition coefficient (Wildman–Crippen LogP) is 5.20.